The minimum Gasteiger partial charge on any atom is -0.493 e. The number of carbonyl (C=O) groups is 1. The first-order valence-corrected chi connectivity index (χ1v) is 8.48. The van der Waals surface area contributed by atoms with Gasteiger partial charge in [0.2, 0.25) is 5.91 Å². The van der Waals surface area contributed by atoms with Gasteiger partial charge in [-0.15, -0.1) is 11.3 Å². The number of carbonyl (C=O) groups excluding carboxylic acids is 1. The lowest BCUT2D eigenvalue weighted by Gasteiger charge is -2.33. The molecule has 1 amide bonds. The molecule has 1 aromatic heterocycles. The summed E-state index contributed by atoms with van der Waals surface area (Å²) in [5.74, 6) is 1.61. The highest BCUT2D eigenvalue weighted by molar-refractivity contribution is 7.14. The van der Waals surface area contributed by atoms with E-state index in [4.69, 9.17) is 9.47 Å². The molecule has 0 unspecified atom stereocenters. The van der Waals surface area contributed by atoms with Crippen molar-refractivity contribution in [2.45, 2.75) is 0 Å². The van der Waals surface area contributed by atoms with Gasteiger partial charge < -0.3 is 14.4 Å². The minimum atomic E-state index is 0.149. The molecule has 0 bridgehead atoms. The summed E-state index contributed by atoms with van der Waals surface area (Å²) >= 11 is 1.60. The highest BCUT2D eigenvalue weighted by Gasteiger charge is 2.25. The number of rotatable bonds is 6. The van der Waals surface area contributed by atoms with Crippen molar-refractivity contribution in [3.63, 3.8) is 0 Å². The summed E-state index contributed by atoms with van der Waals surface area (Å²) in [5.41, 5.74) is 0. The van der Waals surface area contributed by atoms with Crippen LogP contribution in [0, 0.1) is 0 Å². The largest absolute Gasteiger partial charge is 0.493 e. The molecule has 0 saturated carbocycles. The molecular formula is C17H20N2O3S. The van der Waals surface area contributed by atoms with Crippen LogP contribution in [0.4, 0.5) is 5.00 Å². The Balaban J connectivity index is 1.48. The van der Waals surface area contributed by atoms with Crippen LogP contribution in [-0.4, -0.2) is 50.7 Å². The zero-order chi connectivity index (χ0) is 16.1. The van der Waals surface area contributed by atoms with Crippen molar-refractivity contribution in [1.82, 2.24) is 4.90 Å². The van der Waals surface area contributed by atoms with E-state index < -0.39 is 0 Å². The number of ether oxygens (including phenoxy) is 2. The standard InChI is InChI=1S/C17H20N2O3S/c1-21-14-5-2-3-6-15(14)22-11-10-18-8-9-19(16(20)13-18)17-7-4-12-23-17/h2-7,12H,8-11,13H2,1H3. The molecule has 0 aliphatic carbocycles. The Morgan fingerprint density at radius 1 is 1.13 bits per heavy atom. The normalized spacial score (nSPS) is 15.7. The van der Waals surface area contributed by atoms with E-state index in [0.29, 0.717) is 13.2 Å². The third kappa shape index (κ3) is 3.83. The van der Waals surface area contributed by atoms with Crippen molar-refractivity contribution in [1.29, 1.82) is 0 Å². The molecule has 2 aromatic rings. The Bertz CT molecular complexity index is 645. The van der Waals surface area contributed by atoms with Crippen LogP contribution in [0.15, 0.2) is 41.8 Å². The number of methoxy groups -OCH3 is 1. The van der Waals surface area contributed by atoms with Crippen LogP contribution < -0.4 is 14.4 Å². The summed E-state index contributed by atoms with van der Waals surface area (Å²) in [6.07, 6.45) is 0. The van der Waals surface area contributed by atoms with Crippen LogP contribution in [0.5, 0.6) is 11.5 Å². The van der Waals surface area contributed by atoms with E-state index in [0.717, 1.165) is 36.1 Å². The molecule has 1 aliphatic heterocycles. The maximum Gasteiger partial charge on any atom is 0.241 e. The van der Waals surface area contributed by atoms with Gasteiger partial charge in [-0.3, -0.25) is 9.69 Å². The van der Waals surface area contributed by atoms with E-state index in [2.05, 4.69) is 4.90 Å². The monoisotopic (exact) mass is 332 g/mol. The van der Waals surface area contributed by atoms with Crippen LogP contribution >= 0.6 is 11.3 Å². The van der Waals surface area contributed by atoms with E-state index in [1.165, 1.54) is 0 Å². The minimum absolute atomic E-state index is 0.149. The van der Waals surface area contributed by atoms with Gasteiger partial charge in [-0.1, -0.05) is 12.1 Å². The Labute approximate surface area is 140 Å². The second-order valence-corrected chi connectivity index (χ2v) is 6.20. The van der Waals surface area contributed by atoms with E-state index in [9.17, 15) is 4.79 Å². The van der Waals surface area contributed by atoms with Gasteiger partial charge >= 0.3 is 0 Å². The summed E-state index contributed by atoms with van der Waals surface area (Å²) in [6.45, 7) is 3.29. The first-order chi connectivity index (χ1) is 11.3. The first-order valence-electron chi connectivity index (χ1n) is 7.60. The van der Waals surface area contributed by atoms with E-state index >= 15 is 0 Å². The Morgan fingerprint density at radius 2 is 1.96 bits per heavy atom. The summed E-state index contributed by atoms with van der Waals surface area (Å²) in [4.78, 5) is 16.3. The number of amides is 1. The molecule has 0 atom stereocenters. The fourth-order valence-electron chi connectivity index (χ4n) is 2.59. The topological polar surface area (TPSA) is 42.0 Å². The average Bonchev–Trinajstić information content (AvgIpc) is 3.09. The van der Waals surface area contributed by atoms with Gasteiger partial charge in [0.15, 0.2) is 11.5 Å². The van der Waals surface area contributed by atoms with Gasteiger partial charge in [-0.05, 0) is 29.6 Å². The summed E-state index contributed by atoms with van der Waals surface area (Å²) in [5, 5.41) is 3.02. The van der Waals surface area contributed by atoms with Gasteiger partial charge in [0, 0.05) is 19.6 Å². The number of hydrogen-bond donors (Lipinski definition) is 0. The molecule has 0 N–H and O–H groups in total. The van der Waals surface area contributed by atoms with Crippen molar-refractivity contribution >= 4 is 22.2 Å². The molecule has 6 heteroatoms. The number of anilines is 1. The van der Waals surface area contributed by atoms with Crippen LogP contribution in [0.3, 0.4) is 0 Å². The number of hydrogen-bond acceptors (Lipinski definition) is 5. The lowest BCUT2D eigenvalue weighted by molar-refractivity contribution is -0.121. The zero-order valence-corrected chi connectivity index (χ0v) is 13.9. The van der Waals surface area contributed by atoms with Crippen molar-refractivity contribution < 1.29 is 14.3 Å². The average molecular weight is 332 g/mol. The summed E-state index contributed by atoms with van der Waals surface area (Å²) in [6, 6.07) is 11.6. The summed E-state index contributed by atoms with van der Waals surface area (Å²) < 4.78 is 11.0. The second kappa shape index (κ2) is 7.48. The third-order valence-corrected chi connectivity index (χ3v) is 4.70. The van der Waals surface area contributed by atoms with Crippen LogP contribution in [0.2, 0.25) is 0 Å². The van der Waals surface area contributed by atoms with Crippen molar-refractivity contribution in [3.05, 3.63) is 41.8 Å². The van der Waals surface area contributed by atoms with E-state index in [1.54, 1.807) is 18.4 Å². The summed E-state index contributed by atoms with van der Waals surface area (Å²) in [7, 11) is 1.63. The Morgan fingerprint density at radius 3 is 2.65 bits per heavy atom. The number of benzene rings is 1. The van der Waals surface area contributed by atoms with Crippen LogP contribution in [0.1, 0.15) is 0 Å². The molecule has 0 radical (unpaired) electrons. The highest BCUT2D eigenvalue weighted by Crippen LogP contribution is 2.26. The maximum absolute atomic E-state index is 12.3. The fourth-order valence-corrected chi connectivity index (χ4v) is 3.37. The molecule has 1 fully saturated rings. The van der Waals surface area contributed by atoms with Gasteiger partial charge in [-0.2, -0.15) is 0 Å². The molecule has 3 rings (SSSR count). The molecule has 2 heterocycles. The lowest BCUT2D eigenvalue weighted by Crippen LogP contribution is -2.51. The smallest absolute Gasteiger partial charge is 0.241 e. The molecule has 122 valence electrons. The third-order valence-electron chi connectivity index (χ3n) is 3.81. The zero-order valence-electron chi connectivity index (χ0n) is 13.1. The van der Waals surface area contributed by atoms with E-state index in [-0.39, 0.29) is 5.91 Å². The predicted molar refractivity (Wildman–Crippen MR) is 91.6 cm³/mol. The van der Waals surface area contributed by atoms with Crippen LogP contribution in [-0.2, 0) is 4.79 Å². The second-order valence-electron chi connectivity index (χ2n) is 5.27. The molecule has 1 aliphatic rings. The van der Waals surface area contributed by atoms with Gasteiger partial charge in [0.1, 0.15) is 6.61 Å². The number of thiophene rings is 1. The van der Waals surface area contributed by atoms with Gasteiger partial charge in [0.05, 0.1) is 18.7 Å². The van der Waals surface area contributed by atoms with Crippen molar-refractivity contribution in [2.75, 3.05) is 44.8 Å². The number of piperazine rings is 1. The Kier molecular flexibility index (Phi) is 5.15. The molecule has 23 heavy (non-hydrogen) atoms. The maximum atomic E-state index is 12.3. The SMILES string of the molecule is COc1ccccc1OCCN1CCN(c2cccs2)C(=O)C1. The fraction of sp³-hybridized carbons (Fsp3) is 0.353. The van der Waals surface area contributed by atoms with E-state index in [1.807, 2.05) is 46.7 Å². The van der Waals surface area contributed by atoms with Crippen molar-refractivity contribution in [2.24, 2.45) is 0 Å². The first kappa shape index (κ1) is 15.8. The molecule has 0 spiro atoms. The number of nitrogens with zero attached hydrogens (tertiary/aromatic N) is 2. The molecule has 1 aromatic carbocycles. The molecular weight excluding hydrogens is 312 g/mol. The molecule has 1 saturated heterocycles. The predicted octanol–water partition coefficient (Wildman–Crippen LogP) is 2.48. The highest BCUT2D eigenvalue weighted by atomic mass is 32.1. The van der Waals surface area contributed by atoms with Gasteiger partial charge in [0.25, 0.3) is 0 Å². The quantitative estimate of drug-likeness (QED) is 0.815. The number of para-hydroxylation sites is 2. The molecule has 5 nitrogen and oxygen atoms in total. The van der Waals surface area contributed by atoms with Crippen molar-refractivity contribution in [3.8, 4) is 11.5 Å². The lowest BCUT2D eigenvalue weighted by atomic mass is 10.3. The van der Waals surface area contributed by atoms with Crippen LogP contribution in [0.25, 0.3) is 0 Å². The Hall–Kier alpha value is -2.05. The van der Waals surface area contributed by atoms with Gasteiger partial charge in [-0.25, -0.2) is 0 Å².